The molecule has 0 fully saturated rings. The summed E-state index contributed by atoms with van der Waals surface area (Å²) in [5, 5.41) is 0. The third kappa shape index (κ3) is 4.11. The minimum atomic E-state index is 0.963. The van der Waals surface area contributed by atoms with Crippen LogP contribution in [0.3, 0.4) is 0 Å². The number of benzene rings is 1. The molecular weight excluding hydrogens is 182 g/mol. The Hall–Kier alpha value is -1.37. The van der Waals surface area contributed by atoms with E-state index in [2.05, 4.69) is 31.5 Å². The second kappa shape index (κ2) is 7.98. The first-order valence-corrected chi connectivity index (χ1v) is 5.54. The largest absolute Gasteiger partial charge is 0.260 e. The van der Waals surface area contributed by atoms with E-state index in [0.717, 1.165) is 17.7 Å². The van der Waals surface area contributed by atoms with Crippen LogP contribution in [0.4, 0.5) is 5.69 Å². The summed E-state index contributed by atoms with van der Waals surface area (Å²) < 4.78 is 0. The Kier molecular flexibility index (Phi) is 7.25. The minimum Gasteiger partial charge on any atom is -0.260 e. The molecule has 82 valence electrons. The molecule has 0 aliphatic heterocycles. The number of para-hydroxylation sites is 1. The summed E-state index contributed by atoms with van der Waals surface area (Å²) >= 11 is 0. The topological polar surface area (TPSA) is 12.4 Å². The highest BCUT2D eigenvalue weighted by Crippen LogP contribution is 2.24. The lowest BCUT2D eigenvalue weighted by Crippen LogP contribution is -1.80. The first-order chi connectivity index (χ1) is 7.29. The van der Waals surface area contributed by atoms with Crippen molar-refractivity contribution in [1.29, 1.82) is 0 Å². The van der Waals surface area contributed by atoms with Gasteiger partial charge in [0.05, 0.1) is 5.69 Å². The molecule has 0 aliphatic rings. The molecule has 0 radical (unpaired) electrons. The van der Waals surface area contributed by atoms with Gasteiger partial charge in [-0.2, -0.15) is 0 Å². The van der Waals surface area contributed by atoms with Gasteiger partial charge in [0.2, 0.25) is 0 Å². The molecule has 1 aromatic rings. The van der Waals surface area contributed by atoms with Gasteiger partial charge in [0.15, 0.2) is 0 Å². The predicted molar refractivity (Wildman–Crippen MR) is 71.1 cm³/mol. The summed E-state index contributed by atoms with van der Waals surface area (Å²) in [5.41, 5.74) is 3.34. The Balaban J connectivity index is 0.000000921. The second-order valence-corrected chi connectivity index (χ2v) is 2.94. The molecule has 1 rings (SSSR count). The summed E-state index contributed by atoms with van der Waals surface area (Å²) in [6.07, 6.45) is 4.73. The summed E-state index contributed by atoms with van der Waals surface area (Å²) in [7, 11) is 0. The van der Waals surface area contributed by atoms with Crippen LogP contribution >= 0.6 is 0 Å². The van der Waals surface area contributed by atoms with Crippen molar-refractivity contribution in [1.82, 2.24) is 0 Å². The van der Waals surface area contributed by atoms with E-state index in [4.69, 9.17) is 0 Å². The van der Waals surface area contributed by atoms with Crippen molar-refractivity contribution >= 4 is 18.0 Å². The van der Waals surface area contributed by atoms with Crippen LogP contribution in [0.25, 0.3) is 6.08 Å². The van der Waals surface area contributed by atoms with E-state index in [1.54, 1.807) is 0 Å². The van der Waals surface area contributed by atoms with Crippen LogP contribution in [-0.2, 0) is 0 Å². The molecule has 0 saturated heterocycles. The van der Waals surface area contributed by atoms with Crippen LogP contribution in [0.2, 0.25) is 0 Å². The van der Waals surface area contributed by atoms with Gasteiger partial charge in [-0.1, -0.05) is 51.6 Å². The zero-order valence-electron chi connectivity index (χ0n) is 10.2. The molecule has 1 heteroatoms. The Morgan fingerprint density at radius 3 is 2.53 bits per heavy atom. The molecule has 15 heavy (non-hydrogen) atoms. The van der Waals surface area contributed by atoms with Crippen LogP contribution in [0.1, 0.15) is 38.3 Å². The Bertz CT molecular complexity index is 324. The van der Waals surface area contributed by atoms with Crippen LogP contribution in [0.15, 0.2) is 29.8 Å². The average molecular weight is 203 g/mol. The summed E-state index contributed by atoms with van der Waals surface area (Å²) in [4.78, 5) is 4.40. The van der Waals surface area contributed by atoms with Crippen molar-refractivity contribution < 1.29 is 0 Å². The van der Waals surface area contributed by atoms with E-state index < -0.39 is 0 Å². The van der Waals surface area contributed by atoms with Crippen LogP contribution in [-0.4, -0.2) is 6.21 Å². The average Bonchev–Trinajstić information content (AvgIpc) is 2.30. The standard InChI is InChI=1S/C12H15N.C2H6/c1-4-9-13-12-10(3)7-6-8-11(12)5-2;1-2/h5-9H,2,4H2,1,3H3;1-2H3. The van der Waals surface area contributed by atoms with Crippen molar-refractivity contribution in [3.63, 3.8) is 0 Å². The Morgan fingerprint density at radius 2 is 2.00 bits per heavy atom. The third-order valence-corrected chi connectivity index (χ3v) is 1.89. The van der Waals surface area contributed by atoms with Crippen molar-refractivity contribution in [2.45, 2.75) is 34.1 Å². The van der Waals surface area contributed by atoms with Gasteiger partial charge in [-0.25, -0.2) is 0 Å². The quantitative estimate of drug-likeness (QED) is 0.627. The number of nitrogens with zero attached hydrogens (tertiary/aromatic N) is 1. The molecule has 0 N–H and O–H groups in total. The highest BCUT2D eigenvalue weighted by atomic mass is 14.7. The molecule has 1 nitrogen and oxygen atoms in total. The number of aryl methyl sites for hydroxylation is 1. The highest BCUT2D eigenvalue weighted by Gasteiger charge is 1.98. The SMILES string of the molecule is C=Cc1cccc(C)c1N=CCC.CC. The fraction of sp³-hybridized carbons (Fsp3) is 0.357. The summed E-state index contributed by atoms with van der Waals surface area (Å²) in [6, 6.07) is 6.12. The van der Waals surface area contributed by atoms with Gasteiger partial charge in [-0.05, 0) is 24.5 Å². The normalized spacial score (nSPS) is 9.60. The third-order valence-electron chi connectivity index (χ3n) is 1.89. The Morgan fingerprint density at radius 1 is 1.33 bits per heavy atom. The molecule has 0 unspecified atom stereocenters. The molecular formula is C14H21N. The minimum absolute atomic E-state index is 0.963. The number of hydrogen-bond donors (Lipinski definition) is 0. The Labute approximate surface area is 93.6 Å². The molecule has 0 aromatic heterocycles. The lowest BCUT2D eigenvalue weighted by atomic mass is 10.1. The first-order valence-electron chi connectivity index (χ1n) is 5.54. The van der Waals surface area contributed by atoms with Crippen molar-refractivity contribution in [3.05, 3.63) is 35.9 Å². The summed E-state index contributed by atoms with van der Waals surface area (Å²) in [6.45, 7) is 11.9. The number of rotatable bonds is 3. The lowest BCUT2D eigenvalue weighted by Gasteiger charge is -2.03. The van der Waals surface area contributed by atoms with Crippen LogP contribution in [0, 0.1) is 6.92 Å². The highest BCUT2D eigenvalue weighted by molar-refractivity contribution is 5.72. The number of hydrogen-bond acceptors (Lipinski definition) is 1. The second-order valence-electron chi connectivity index (χ2n) is 2.94. The van der Waals surface area contributed by atoms with E-state index in [1.165, 1.54) is 5.56 Å². The van der Waals surface area contributed by atoms with Gasteiger partial charge in [0.1, 0.15) is 0 Å². The van der Waals surface area contributed by atoms with Gasteiger partial charge in [0.25, 0.3) is 0 Å². The summed E-state index contributed by atoms with van der Waals surface area (Å²) in [5.74, 6) is 0. The molecule has 0 atom stereocenters. The fourth-order valence-corrected chi connectivity index (χ4v) is 1.21. The fourth-order valence-electron chi connectivity index (χ4n) is 1.21. The molecule has 0 spiro atoms. The first kappa shape index (κ1) is 13.6. The monoisotopic (exact) mass is 203 g/mol. The van der Waals surface area contributed by atoms with E-state index in [-0.39, 0.29) is 0 Å². The maximum absolute atomic E-state index is 4.40. The molecule has 0 saturated carbocycles. The molecule has 0 amide bonds. The zero-order chi connectivity index (χ0) is 11.7. The van der Waals surface area contributed by atoms with Gasteiger partial charge < -0.3 is 0 Å². The van der Waals surface area contributed by atoms with Crippen LogP contribution in [0.5, 0.6) is 0 Å². The van der Waals surface area contributed by atoms with Gasteiger partial charge >= 0.3 is 0 Å². The van der Waals surface area contributed by atoms with Crippen molar-refractivity contribution in [2.75, 3.05) is 0 Å². The van der Waals surface area contributed by atoms with Crippen molar-refractivity contribution in [3.8, 4) is 0 Å². The zero-order valence-corrected chi connectivity index (χ0v) is 10.2. The van der Waals surface area contributed by atoms with E-state index >= 15 is 0 Å². The number of aliphatic imine (C=N–C) groups is 1. The maximum atomic E-state index is 4.40. The molecule has 1 aromatic carbocycles. The van der Waals surface area contributed by atoms with Gasteiger partial charge in [0, 0.05) is 6.21 Å². The van der Waals surface area contributed by atoms with E-state index in [9.17, 15) is 0 Å². The predicted octanol–water partition coefficient (Wildman–Crippen LogP) is 4.78. The van der Waals surface area contributed by atoms with E-state index in [0.29, 0.717) is 0 Å². The van der Waals surface area contributed by atoms with E-state index in [1.807, 2.05) is 38.3 Å². The van der Waals surface area contributed by atoms with Gasteiger partial charge in [-0.15, -0.1) is 0 Å². The molecule has 0 aliphatic carbocycles. The van der Waals surface area contributed by atoms with Crippen LogP contribution < -0.4 is 0 Å². The molecule has 0 bridgehead atoms. The molecule has 0 heterocycles. The smallest absolute Gasteiger partial charge is 0.0726 e. The van der Waals surface area contributed by atoms with Gasteiger partial charge in [-0.3, -0.25) is 4.99 Å². The van der Waals surface area contributed by atoms with Crippen molar-refractivity contribution in [2.24, 2.45) is 4.99 Å². The lowest BCUT2D eigenvalue weighted by molar-refractivity contribution is 1.30. The maximum Gasteiger partial charge on any atom is 0.0726 e.